The topological polar surface area (TPSA) is 33.2 Å². The Hall–Kier alpha value is -2.98. The number of hydrogen-bond donors (Lipinski definition) is 0. The molecular weight excluding hydrogens is 328 g/mol. The first-order valence-electron chi connectivity index (χ1n) is 8.06. The minimum absolute atomic E-state index is 0.00783. The largest absolute Gasteiger partial charge is 0.274 e. The Morgan fingerprint density at radius 3 is 2.60 bits per heavy atom. The van der Waals surface area contributed by atoms with Crippen molar-refractivity contribution in [3.05, 3.63) is 89.3 Å². The van der Waals surface area contributed by atoms with Crippen LogP contribution in [0.1, 0.15) is 5.56 Å². The lowest BCUT2D eigenvalue weighted by molar-refractivity contribution is -0.117. The maximum Gasteiger partial charge on any atom is 0.237 e. The predicted molar refractivity (Wildman–Crippen MR) is 103 cm³/mol. The van der Waals surface area contributed by atoms with Crippen LogP contribution in [0.4, 0.5) is 11.5 Å². The van der Waals surface area contributed by atoms with Crippen LogP contribution in [0.5, 0.6) is 0 Å². The van der Waals surface area contributed by atoms with Gasteiger partial charge < -0.3 is 0 Å². The van der Waals surface area contributed by atoms with E-state index in [0.29, 0.717) is 12.2 Å². The zero-order valence-corrected chi connectivity index (χ0v) is 14.3. The van der Waals surface area contributed by atoms with Gasteiger partial charge in [0.25, 0.3) is 0 Å². The second-order valence-electron chi connectivity index (χ2n) is 5.71. The van der Waals surface area contributed by atoms with Crippen molar-refractivity contribution in [3.8, 4) is 0 Å². The molecule has 0 N–H and O–H groups in total. The van der Waals surface area contributed by atoms with Crippen molar-refractivity contribution in [2.75, 3.05) is 4.90 Å². The lowest BCUT2D eigenvalue weighted by Gasteiger charge is -2.21. The Labute approximate surface area is 150 Å². The lowest BCUT2D eigenvalue weighted by atomic mass is 10.0. The van der Waals surface area contributed by atoms with Crippen LogP contribution in [0.2, 0.25) is 0 Å². The van der Waals surface area contributed by atoms with Gasteiger partial charge >= 0.3 is 0 Å². The first kappa shape index (κ1) is 15.5. The molecule has 0 bridgehead atoms. The van der Waals surface area contributed by atoms with Crippen LogP contribution in [-0.4, -0.2) is 10.9 Å². The molecule has 2 heterocycles. The van der Waals surface area contributed by atoms with Crippen molar-refractivity contribution in [2.45, 2.75) is 6.42 Å². The molecule has 3 nitrogen and oxygen atoms in total. The SMILES string of the molecule is O=C(Cc1cccc2ccccc12)N(c1ccsc1)c1ccccn1. The summed E-state index contributed by atoms with van der Waals surface area (Å²) in [7, 11) is 0. The zero-order valence-electron chi connectivity index (χ0n) is 13.5. The highest BCUT2D eigenvalue weighted by atomic mass is 32.1. The summed E-state index contributed by atoms with van der Waals surface area (Å²) in [6.45, 7) is 0. The fourth-order valence-corrected chi connectivity index (χ4v) is 3.58. The summed E-state index contributed by atoms with van der Waals surface area (Å²) in [5.74, 6) is 0.652. The van der Waals surface area contributed by atoms with E-state index in [4.69, 9.17) is 0 Å². The molecule has 4 rings (SSSR count). The molecule has 0 saturated heterocycles. The normalized spacial score (nSPS) is 10.7. The number of pyridine rings is 1. The van der Waals surface area contributed by atoms with Crippen molar-refractivity contribution in [1.29, 1.82) is 0 Å². The monoisotopic (exact) mass is 344 g/mol. The number of hydrogen-bond acceptors (Lipinski definition) is 3. The van der Waals surface area contributed by atoms with Crippen molar-refractivity contribution in [1.82, 2.24) is 4.98 Å². The van der Waals surface area contributed by atoms with Gasteiger partial charge in [-0.3, -0.25) is 9.69 Å². The molecule has 0 aliphatic rings. The van der Waals surface area contributed by atoms with E-state index in [0.717, 1.165) is 22.0 Å². The minimum Gasteiger partial charge on any atom is -0.274 e. The second kappa shape index (κ2) is 6.87. The van der Waals surface area contributed by atoms with Gasteiger partial charge in [0.1, 0.15) is 5.82 Å². The summed E-state index contributed by atoms with van der Waals surface area (Å²) in [6.07, 6.45) is 2.04. The van der Waals surface area contributed by atoms with Crippen LogP contribution >= 0.6 is 11.3 Å². The van der Waals surface area contributed by atoms with E-state index >= 15 is 0 Å². The van der Waals surface area contributed by atoms with Crippen LogP contribution in [0.15, 0.2) is 83.7 Å². The van der Waals surface area contributed by atoms with Crippen molar-refractivity contribution in [2.24, 2.45) is 0 Å². The number of benzene rings is 2. The van der Waals surface area contributed by atoms with Gasteiger partial charge in [0.2, 0.25) is 5.91 Å². The van der Waals surface area contributed by atoms with Gasteiger partial charge in [-0.15, -0.1) is 0 Å². The molecule has 122 valence electrons. The van der Waals surface area contributed by atoms with E-state index < -0.39 is 0 Å². The minimum atomic E-state index is 0.00783. The summed E-state index contributed by atoms with van der Waals surface area (Å²) < 4.78 is 0. The van der Waals surface area contributed by atoms with E-state index in [9.17, 15) is 4.79 Å². The summed E-state index contributed by atoms with van der Waals surface area (Å²) in [6, 6.07) is 21.8. The molecule has 4 heteroatoms. The number of fused-ring (bicyclic) bond motifs is 1. The van der Waals surface area contributed by atoms with Crippen molar-refractivity contribution < 1.29 is 4.79 Å². The van der Waals surface area contributed by atoms with Gasteiger partial charge in [-0.05, 0) is 39.9 Å². The summed E-state index contributed by atoms with van der Waals surface area (Å²) in [5.41, 5.74) is 1.88. The molecule has 0 fully saturated rings. The number of nitrogens with zero attached hydrogens (tertiary/aromatic N) is 2. The molecule has 0 aliphatic heterocycles. The summed E-state index contributed by atoms with van der Waals surface area (Å²) in [5, 5.41) is 6.20. The van der Waals surface area contributed by atoms with Crippen LogP contribution in [0.25, 0.3) is 10.8 Å². The average Bonchev–Trinajstić information content (AvgIpc) is 3.17. The fourth-order valence-electron chi connectivity index (χ4n) is 2.96. The van der Waals surface area contributed by atoms with E-state index in [1.165, 1.54) is 0 Å². The third-order valence-corrected chi connectivity index (χ3v) is 4.78. The second-order valence-corrected chi connectivity index (χ2v) is 6.49. The molecule has 0 aliphatic carbocycles. The van der Waals surface area contributed by atoms with Gasteiger partial charge in [-0.2, -0.15) is 11.3 Å². The lowest BCUT2D eigenvalue weighted by Crippen LogP contribution is -2.28. The number of carbonyl (C=O) groups is 1. The van der Waals surface area contributed by atoms with E-state index in [2.05, 4.69) is 23.2 Å². The third-order valence-electron chi connectivity index (χ3n) is 4.11. The Bertz CT molecular complexity index is 992. The Kier molecular flexibility index (Phi) is 4.27. The molecule has 0 saturated carbocycles. The maximum absolute atomic E-state index is 13.1. The number of aromatic nitrogens is 1. The Morgan fingerprint density at radius 1 is 0.960 bits per heavy atom. The Balaban J connectivity index is 1.72. The van der Waals surface area contributed by atoms with Gasteiger partial charge in [0, 0.05) is 11.6 Å². The van der Waals surface area contributed by atoms with Gasteiger partial charge in [0.15, 0.2) is 0 Å². The highest BCUT2D eigenvalue weighted by molar-refractivity contribution is 7.08. The van der Waals surface area contributed by atoms with Crippen molar-refractivity contribution >= 4 is 39.5 Å². The molecule has 0 atom stereocenters. The highest BCUT2D eigenvalue weighted by Gasteiger charge is 2.20. The number of amides is 1. The van der Waals surface area contributed by atoms with E-state index in [1.807, 2.05) is 59.3 Å². The standard InChI is InChI=1S/C21H16N2OS/c24-21(14-17-8-5-7-16-6-1-2-9-19(16)17)23(18-11-13-25-15-18)20-10-3-4-12-22-20/h1-13,15H,14H2. The molecule has 2 aromatic heterocycles. The van der Waals surface area contributed by atoms with Crippen LogP contribution < -0.4 is 4.90 Å². The first-order chi connectivity index (χ1) is 12.3. The average molecular weight is 344 g/mol. The van der Waals surface area contributed by atoms with Gasteiger partial charge in [-0.1, -0.05) is 48.5 Å². The highest BCUT2D eigenvalue weighted by Crippen LogP contribution is 2.28. The zero-order chi connectivity index (χ0) is 17.1. The molecule has 4 aromatic rings. The maximum atomic E-state index is 13.1. The summed E-state index contributed by atoms with van der Waals surface area (Å²) >= 11 is 1.57. The fraction of sp³-hybridized carbons (Fsp3) is 0.0476. The first-order valence-corrected chi connectivity index (χ1v) is 9.00. The number of anilines is 2. The number of thiophene rings is 1. The van der Waals surface area contributed by atoms with Crippen LogP contribution in [-0.2, 0) is 11.2 Å². The molecular formula is C21H16N2OS. The van der Waals surface area contributed by atoms with Gasteiger partial charge in [0.05, 0.1) is 12.1 Å². The smallest absolute Gasteiger partial charge is 0.237 e. The van der Waals surface area contributed by atoms with E-state index in [-0.39, 0.29) is 5.91 Å². The van der Waals surface area contributed by atoms with Crippen LogP contribution in [0.3, 0.4) is 0 Å². The Morgan fingerprint density at radius 2 is 1.80 bits per heavy atom. The quantitative estimate of drug-likeness (QED) is 0.509. The molecule has 2 aromatic carbocycles. The molecule has 0 radical (unpaired) electrons. The van der Waals surface area contributed by atoms with Gasteiger partial charge in [-0.25, -0.2) is 4.98 Å². The molecule has 0 unspecified atom stereocenters. The van der Waals surface area contributed by atoms with Crippen molar-refractivity contribution in [3.63, 3.8) is 0 Å². The predicted octanol–water partition coefficient (Wildman–Crippen LogP) is 5.20. The molecule has 0 spiro atoms. The number of rotatable bonds is 4. The molecule has 25 heavy (non-hydrogen) atoms. The number of carbonyl (C=O) groups excluding carboxylic acids is 1. The van der Waals surface area contributed by atoms with Crippen LogP contribution in [0, 0.1) is 0 Å². The molecule has 1 amide bonds. The summed E-state index contributed by atoms with van der Waals surface area (Å²) in [4.78, 5) is 19.2. The van der Waals surface area contributed by atoms with E-state index in [1.54, 1.807) is 22.4 Å². The third kappa shape index (κ3) is 3.16.